The Kier molecular flexibility index (Phi) is 3.98. The number of hydrogen-bond acceptors (Lipinski definition) is 1. The lowest BCUT2D eigenvalue weighted by atomic mass is 9.85. The molecule has 0 aliphatic carbocycles. The van der Waals surface area contributed by atoms with E-state index in [0.29, 0.717) is 5.02 Å². The third-order valence-electron chi connectivity index (χ3n) is 3.27. The van der Waals surface area contributed by atoms with Crippen molar-refractivity contribution in [1.82, 2.24) is 0 Å². The Hall–Kier alpha value is -1.31. The highest BCUT2D eigenvalue weighted by molar-refractivity contribution is 6.31. The zero-order valence-corrected chi connectivity index (χ0v) is 12.3. The molecule has 0 aromatic heterocycles. The van der Waals surface area contributed by atoms with Crippen LogP contribution in [0.1, 0.15) is 43.6 Å². The van der Waals surface area contributed by atoms with Crippen molar-refractivity contribution in [3.8, 4) is 0 Å². The molecule has 0 aliphatic rings. The van der Waals surface area contributed by atoms with Gasteiger partial charge >= 0.3 is 0 Å². The summed E-state index contributed by atoms with van der Waals surface area (Å²) in [4.78, 5) is 0. The Morgan fingerprint density at radius 1 is 1.00 bits per heavy atom. The van der Waals surface area contributed by atoms with Gasteiger partial charge in [0.25, 0.3) is 0 Å². The van der Waals surface area contributed by atoms with Gasteiger partial charge in [-0.2, -0.15) is 0 Å². The van der Waals surface area contributed by atoms with E-state index in [2.05, 4.69) is 20.8 Å². The van der Waals surface area contributed by atoms with Crippen LogP contribution in [0.5, 0.6) is 0 Å². The molecule has 19 heavy (non-hydrogen) atoms. The fourth-order valence-electron chi connectivity index (χ4n) is 2.03. The highest BCUT2D eigenvalue weighted by Crippen LogP contribution is 2.32. The van der Waals surface area contributed by atoms with Crippen molar-refractivity contribution in [3.63, 3.8) is 0 Å². The molecule has 0 aliphatic heterocycles. The normalized spacial score (nSPS) is 13.3. The molecule has 2 aromatic carbocycles. The largest absolute Gasteiger partial charge is 0.384 e. The first kappa shape index (κ1) is 14.1. The summed E-state index contributed by atoms with van der Waals surface area (Å²) < 4.78 is 0. The molecular formula is C17H19ClO. The van der Waals surface area contributed by atoms with Gasteiger partial charge in [0.2, 0.25) is 0 Å². The number of rotatable bonds is 2. The van der Waals surface area contributed by atoms with Crippen molar-refractivity contribution in [2.45, 2.75) is 32.3 Å². The maximum absolute atomic E-state index is 10.5. The maximum Gasteiger partial charge on any atom is 0.105 e. The second-order valence-electron chi connectivity index (χ2n) is 5.80. The number of hydrogen-bond donors (Lipinski definition) is 1. The molecule has 2 aromatic rings. The van der Waals surface area contributed by atoms with Crippen LogP contribution in [0.4, 0.5) is 0 Å². The van der Waals surface area contributed by atoms with Gasteiger partial charge < -0.3 is 5.11 Å². The van der Waals surface area contributed by atoms with Gasteiger partial charge in [0.1, 0.15) is 6.10 Å². The smallest absolute Gasteiger partial charge is 0.105 e. The highest BCUT2D eigenvalue weighted by Gasteiger charge is 2.19. The molecule has 1 unspecified atom stereocenters. The van der Waals surface area contributed by atoms with Gasteiger partial charge in [-0.3, -0.25) is 0 Å². The number of halogens is 1. The van der Waals surface area contributed by atoms with Crippen LogP contribution in [0.3, 0.4) is 0 Å². The zero-order valence-electron chi connectivity index (χ0n) is 11.5. The predicted molar refractivity (Wildman–Crippen MR) is 80.7 cm³/mol. The van der Waals surface area contributed by atoms with Gasteiger partial charge in [0.05, 0.1) is 0 Å². The molecule has 2 heteroatoms. The summed E-state index contributed by atoms with van der Waals surface area (Å²) in [7, 11) is 0. The zero-order chi connectivity index (χ0) is 14.0. The Labute approximate surface area is 119 Å². The van der Waals surface area contributed by atoms with Gasteiger partial charge in [-0.1, -0.05) is 74.8 Å². The molecule has 0 bridgehead atoms. The van der Waals surface area contributed by atoms with E-state index in [1.54, 1.807) is 0 Å². The van der Waals surface area contributed by atoms with Crippen LogP contribution < -0.4 is 0 Å². The van der Waals surface area contributed by atoms with Gasteiger partial charge in [-0.25, -0.2) is 0 Å². The third kappa shape index (κ3) is 3.17. The average molecular weight is 275 g/mol. The summed E-state index contributed by atoms with van der Waals surface area (Å²) in [6, 6.07) is 15.5. The minimum Gasteiger partial charge on any atom is -0.384 e. The first-order valence-electron chi connectivity index (χ1n) is 6.42. The summed E-state index contributed by atoms with van der Waals surface area (Å²) in [6.07, 6.45) is -0.684. The van der Waals surface area contributed by atoms with Gasteiger partial charge in [0.15, 0.2) is 0 Å². The monoisotopic (exact) mass is 274 g/mol. The van der Waals surface area contributed by atoms with Crippen molar-refractivity contribution in [2.75, 3.05) is 0 Å². The molecule has 1 nitrogen and oxygen atoms in total. The fraction of sp³-hybridized carbons (Fsp3) is 0.294. The predicted octanol–water partition coefficient (Wildman–Crippen LogP) is 4.72. The second kappa shape index (κ2) is 5.36. The molecule has 1 atom stereocenters. The van der Waals surface area contributed by atoms with E-state index in [-0.39, 0.29) is 5.41 Å². The summed E-state index contributed by atoms with van der Waals surface area (Å²) >= 11 is 6.23. The Bertz CT molecular complexity index is 555. The number of aliphatic hydroxyl groups excluding tert-OH is 1. The first-order chi connectivity index (χ1) is 8.89. The quantitative estimate of drug-likeness (QED) is 0.840. The van der Waals surface area contributed by atoms with E-state index < -0.39 is 6.10 Å². The van der Waals surface area contributed by atoms with Crippen LogP contribution >= 0.6 is 11.6 Å². The van der Waals surface area contributed by atoms with Crippen LogP contribution in [0, 0.1) is 0 Å². The topological polar surface area (TPSA) is 20.2 Å². The number of benzene rings is 2. The van der Waals surface area contributed by atoms with Crippen molar-refractivity contribution in [1.29, 1.82) is 0 Å². The summed E-state index contributed by atoms with van der Waals surface area (Å²) in [5.74, 6) is 0. The SMILES string of the molecule is CC(C)(C)c1ccc(Cl)c(C(O)c2ccccc2)c1. The molecule has 100 valence electrons. The first-order valence-corrected chi connectivity index (χ1v) is 6.80. The molecule has 0 heterocycles. The second-order valence-corrected chi connectivity index (χ2v) is 6.21. The summed E-state index contributed by atoms with van der Waals surface area (Å²) in [5.41, 5.74) is 2.83. The van der Waals surface area contributed by atoms with E-state index >= 15 is 0 Å². The van der Waals surface area contributed by atoms with Crippen LogP contribution in [-0.4, -0.2) is 5.11 Å². The van der Waals surface area contributed by atoms with Crippen molar-refractivity contribution < 1.29 is 5.11 Å². The van der Waals surface area contributed by atoms with Gasteiger partial charge in [0, 0.05) is 10.6 Å². The molecule has 0 fully saturated rings. The summed E-state index contributed by atoms with van der Waals surface area (Å²) in [6.45, 7) is 6.44. The minimum absolute atomic E-state index is 0.0374. The molecule has 0 saturated carbocycles. The lowest BCUT2D eigenvalue weighted by Crippen LogP contribution is -2.12. The molecule has 0 amide bonds. The van der Waals surface area contributed by atoms with E-state index in [0.717, 1.165) is 11.1 Å². The van der Waals surface area contributed by atoms with E-state index in [1.165, 1.54) is 5.56 Å². The Morgan fingerprint density at radius 3 is 2.21 bits per heavy atom. The Balaban J connectivity index is 2.45. The fourth-order valence-corrected chi connectivity index (χ4v) is 2.26. The van der Waals surface area contributed by atoms with E-state index in [1.807, 2.05) is 48.5 Å². The van der Waals surface area contributed by atoms with Crippen molar-refractivity contribution in [3.05, 3.63) is 70.2 Å². The highest BCUT2D eigenvalue weighted by atomic mass is 35.5. The van der Waals surface area contributed by atoms with Crippen LogP contribution in [0.25, 0.3) is 0 Å². The number of aliphatic hydroxyl groups is 1. The van der Waals surface area contributed by atoms with Crippen LogP contribution in [-0.2, 0) is 5.41 Å². The van der Waals surface area contributed by atoms with E-state index in [4.69, 9.17) is 11.6 Å². The van der Waals surface area contributed by atoms with Crippen molar-refractivity contribution in [2.24, 2.45) is 0 Å². The average Bonchev–Trinajstić information content (AvgIpc) is 2.38. The van der Waals surface area contributed by atoms with Gasteiger partial charge in [-0.05, 0) is 22.6 Å². The molecule has 1 N–H and O–H groups in total. The molecule has 0 saturated heterocycles. The van der Waals surface area contributed by atoms with Crippen molar-refractivity contribution >= 4 is 11.6 Å². The minimum atomic E-state index is -0.684. The third-order valence-corrected chi connectivity index (χ3v) is 3.62. The lowest BCUT2D eigenvalue weighted by Gasteiger charge is -2.22. The Morgan fingerprint density at radius 2 is 1.63 bits per heavy atom. The standard InChI is InChI=1S/C17H19ClO/c1-17(2,3)13-9-10-15(18)14(11-13)16(19)12-7-5-4-6-8-12/h4-11,16,19H,1-3H3. The van der Waals surface area contributed by atoms with E-state index in [9.17, 15) is 5.11 Å². The van der Waals surface area contributed by atoms with Gasteiger partial charge in [-0.15, -0.1) is 0 Å². The van der Waals surface area contributed by atoms with Crippen LogP contribution in [0.15, 0.2) is 48.5 Å². The molecule has 0 spiro atoms. The lowest BCUT2D eigenvalue weighted by molar-refractivity contribution is 0.220. The van der Waals surface area contributed by atoms with Crippen LogP contribution in [0.2, 0.25) is 5.02 Å². The molecule has 2 rings (SSSR count). The summed E-state index contributed by atoms with van der Waals surface area (Å²) in [5, 5.41) is 11.1. The molecular weight excluding hydrogens is 256 g/mol. The molecule has 0 radical (unpaired) electrons. The maximum atomic E-state index is 10.5.